The molecule has 0 saturated heterocycles. The van der Waals surface area contributed by atoms with Crippen molar-refractivity contribution in [2.75, 3.05) is 0 Å². The molecule has 0 aromatic rings. The molecule has 0 bridgehead atoms. The molecular weight excluding hydrogens is 136 g/mol. The Balaban J connectivity index is 3.71. The number of hydrogen-bond donors (Lipinski definition) is 0. The number of hydrogen-bond acceptors (Lipinski definition) is 1. The molecule has 0 aliphatic heterocycles. The highest BCUT2D eigenvalue weighted by Crippen LogP contribution is 2.19. The van der Waals surface area contributed by atoms with Gasteiger partial charge in [-0.05, 0) is 12.3 Å². The van der Waals surface area contributed by atoms with E-state index in [1.165, 1.54) is 0 Å². The van der Waals surface area contributed by atoms with Gasteiger partial charge in [-0.3, -0.25) is 4.79 Å². The van der Waals surface area contributed by atoms with Crippen LogP contribution in [0.5, 0.6) is 0 Å². The summed E-state index contributed by atoms with van der Waals surface area (Å²) < 4.78 is 0. The third-order valence-electron chi connectivity index (χ3n) is 1.79. The Bertz CT molecular complexity index is 128. The summed E-state index contributed by atoms with van der Waals surface area (Å²) in [6.45, 7) is 10.2. The zero-order valence-electron chi connectivity index (χ0n) is 8.40. The van der Waals surface area contributed by atoms with E-state index in [9.17, 15) is 4.79 Å². The van der Waals surface area contributed by atoms with Crippen LogP contribution >= 0.6 is 0 Å². The lowest BCUT2D eigenvalue weighted by Gasteiger charge is -2.16. The van der Waals surface area contributed by atoms with Crippen molar-refractivity contribution in [2.24, 2.45) is 11.3 Å². The number of rotatable bonds is 3. The first-order chi connectivity index (χ1) is 4.84. The van der Waals surface area contributed by atoms with Crippen molar-refractivity contribution in [3.05, 3.63) is 0 Å². The second-order valence-corrected chi connectivity index (χ2v) is 4.61. The van der Waals surface area contributed by atoms with Crippen LogP contribution < -0.4 is 0 Å². The van der Waals surface area contributed by atoms with E-state index in [1.807, 2.05) is 20.8 Å². The molecule has 0 saturated carbocycles. The number of carbonyl (C=O) groups excluding carboxylic acids is 1. The zero-order chi connectivity index (χ0) is 9.07. The van der Waals surface area contributed by atoms with Crippen LogP contribution in [-0.2, 0) is 4.79 Å². The first-order valence-electron chi connectivity index (χ1n) is 4.37. The van der Waals surface area contributed by atoms with E-state index in [0.717, 1.165) is 12.8 Å². The number of Topliss-reactive ketones (excluding diaryl/α,β-unsaturated/α-hetero) is 1. The zero-order valence-corrected chi connectivity index (χ0v) is 8.40. The highest BCUT2D eigenvalue weighted by atomic mass is 16.1. The van der Waals surface area contributed by atoms with Crippen molar-refractivity contribution in [2.45, 2.75) is 47.5 Å². The van der Waals surface area contributed by atoms with E-state index < -0.39 is 0 Å². The second kappa shape index (κ2) is 3.89. The van der Waals surface area contributed by atoms with Crippen LogP contribution in [-0.4, -0.2) is 5.78 Å². The van der Waals surface area contributed by atoms with Crippen LogP contribution in [0.1, 0.15) is 47.5 Å². The minimum absolute atomic E-state index is 0.144. The second-order valence-electron chi connectivity index (χ2n) is 4.61. The Morgan fingerprint density at radius 1 is 1.27 bits per heavy atom. The fraction of sp³-hybridized carbons (Fsp3) is 0.900. The van der Waals surface area contributed by atoms with Crippen LogP contribution in [0, 0.1) is 11.3 Å². The summed E-state index contributed by atoms with van der Waals surface area (Å²) in [4.78, 5) is 11.4. The minimum atomic E-state index is -0.144. The van der Waals surface area contributed by atoms with Gasteiger partial charge in [0.15, 0.2) is 0 Å². The minimum Gasteiger partial charge on any atom is -0.299 e. The van der Waals surface area contributed by atoms with Gasteiger partial charge in [0.25, 0.3) is 0 Å². The maximum Gasteiger partial charge on any atom is 0.138 e. The Hall–Kier alpha value is -0.330. The SMILES string of the molecule is CC(C)CCC(=O)C(C)(C)C. The molecule has 1 nitrogen and oxygen atoms in total. The normalized spacial score (nSPS) is 12.2. The largest absolute Gasteiger partial charge is 0.299 e. The van der Waals surface area contributed by atoms with Gasteiger partial charge in [0, 0.05) is 11.8 Å². The fourth-order valence-electron chi connectivity index (χ4n) is 0.795. The lowest BCUT2D eigenvalue weighted by atomic mass is 9.87. The monoisotopic (exact) mass is 156 g/mol. The lowest BCUT2D eigenvalue weighted by Crippen LogP contribution is -2.20. The standard InChI is InChI=1S/C10H20O/c1-8(2)6-7-9(11)10(3,4)5/h8H,6-7H2,1-5H3. The fourth-order valence-corrected chi connectivity index (χ4v) is 0.795. The maximum atomic E-state index is 11.4. The van der Waals surface area contributed by atoms with Gasteiger partial charge in [-0.25, -0.2) is 0 Å². The van der Waals surface area contributed by atoms with Gasteiger partial charge in [-0.15, -0.1) is 0 Å². The molecule has 0 rings (SSSR count). The van der Waals surface area contributed by atoms with Gasteiger partial charge < -0.3 is 0 Å². The van der Waals surface area contributed by atoms with Crippen molar-refractivity contribution in [1.82, 2.24) is 0 Å². The molecule has 1 heteroatoms. The summed E-state index contributed by atoms with van der Waals surface area (Å²) in [6, 6.07) is 0. The molecule has 0 heterocycles. The van der Waals surface area contributed by atoms with Crippen molar-refractivity contribution in [3.8, 4) is 0 Å². The molecule has 0 unspecified atom stereocenters. The predicted molar refractivity (Wildman–Crippen MR) is 48.5 cm³/mol. The molecular formula is C10H20O. The van der Waals surface area contributed by atoms with Gasteiger partial charge in [0.1, 0.15) is 5.78 Å². The van der Waals surface area contributed by atoms with Crippen molar-refractivity contribution < 1.29 is 4.79 Å². The number of carbonyl (C=O) groups is 1. The van der Waals surface area contributed by atoms with Crippen LogP contribution in [0.25, 0.3) is 0 Å². The summed E-state index contributed by atoms with van der Waals surface area (Å²) in [5, 5.41) is 0. The molecule has 0 fully saturated rings. The van der Waals surface area contributed by atoms with Gasteiger partial charge in [0.05, 0.1) is 0 Å². The summed E-state index contributed by atoms with van der Waals surface area (Å²) in [7, 11) is 0. The van der Waals surface area contributed by atoms with E-state index in [1.54, 1.807) is 0 Å². The Morgan fingerprint density at radius 3 is 2.00 bits per heavy atom. The predicted octanol–water partition coefficient (Wildman–Crippen LogP) is 3.04. The molecule has 0 aliphatic carbocycles. The number of ketones is 1. The third kappa shape index (κ3) is 5.00. The molecule has 0 aromatic heterocycles. The first kappa shape index (κ1) is 10.7. The topological polar surface area (TPSA) is 17.1 Å². The van der Waals surface area contributed by atoms with Crippen molar-refractivity contribution >= 4 is 5.78 Å². The van der Waals surface area contributed by atoms with Crippen LogP contribution in [0.2, 0.25) is 0 Å². The van der Waals surface area contributed by atoms with E-state index in [0.29, 0.717) is 11.7 Å². The van der Waals surface area contributed by atoms with Gasteiger partial charge in [-0.2, -0.15) is 0 Å². The quantitative estimate of drug-likeness (QED) is 0.614. The Kier molecular flexibility index (Phi) is 3.77. The molecule has 0 aromatic carbocycles. The smallest absolute Gasteiger partial charge is 0.138 e. The maximum absolute atomic E-state index is 11.4. The summed E-state index contributed by atoms with van der Waals surface area (Å²) >= 11 is 0. The van der Waals surface area contributed by atoms with E-state index >= 15 is 0 Å². The van der Waals surface area contributed by atoms with Crippen molar-refractivity contribution in [3.63, 3.8) is 0 Å². The lowest BCUT2D eigenvalue weighted by molar-refractivity contribution is -0.126. The Morgan fingerprint density at radius 2 is 1.73 bits per heavy atom. The molecule has 0 aliphatic rings. The average molecular weight is 156 g/mol. The summed E-state index contributed by atoms with van der Waals surface area (Å²) in [5.74, 6) is 1.02. The van der Waals surface area contributed by atoms with Crippen molar-refractivity contribution in [1.29, 1.82) is 0 Å². The average Bonchev–Trinajstić information content (AvgIpc) is 1.80. The van der Waals surface area contributed by atoms with Gasteiger partial charge >= 0.3 is 0 Å². The van der Waals surface area contributed by atoms with E-state index in [4.69, 9.17) is 0 Å². The van der Waals surface area contributed by atoms with E-state index in [2.05, 4.69) is 13.8 Å². The van der Waals surface area contributed by atoms with Gasteiger partial charge in [-0.1, -0.05) is 34.6 Å². The highest BCUT2D eigenvalue weighted by molar-refractivity contribution is 5.83. The van der Waals surface area contributed by atoms with E-state index in [-0.39, 0.29) is 5.41 Å². The summed E-state index contributed by atoms with van der Waals surface area (Å²) in [6.07, 6.45) is 1.76. The molecule has 0 spiro atoms. The van der Waals surface area contributed by atoms with Crippen LogP contribution in [0.15, 0.2) is 0 Å². The highest BCUT2D eigenvalue weighted by Gasteiger charge is 2.20. The first-order valence-corrected chi connectivity index (χ1v) is 4.37. The molecule has 11 heavy (non-hydrogen) atoms. The summed E-state index contributed by atoms with van der Waals surface area (Å²) in [5.41, 5.74) is -0.144. The van der Waals surface area contributed by atoms with Crippen LogP contribution in [0.3, 0.4) is 0 Å². The third-order valence-corrected chi connectivity index (χ3v) is 1.79. The molecule has 0 atom stereocenters. The molecule has 0 radical (unpaired) electrons. The molecule has 66 valence electrons. The Labute approximate surface area is 70.2 Å². The van der Waals surface area contributed by atoms with Gasteiger partial charge in [0.2, 0.25) is 0 Å². The molecule has 0 amide bonds. The molecule has 0 N–H and O–H groups in total. The van der Waals surface area contributed by atoms with Crippen LogP contribution in [0.4, 0.5) is 0 Å².